The van der Waals surface area contributed by atoms with Crippen LogP contribution in [0.25, 0.3) is 0 Å². The molecule has 21 heavy (non-hydrogen) atoms. The number of carbonyl (C=O) groups is 1. The van der Waals surface area contributed by atoms with Crippen LogP contribution in [0.4, 0.5) is 0 Å². The van der Waals surface area contributed by atoms with E-state index in [0.29, 0.717) is 26.3 Å². The first kappa shape index (κ1) is 14.0. The third kappa shape index (κ3) is 2.77. The molecular formula is C13H18N4O4. The van der Waals surface area contributed by atoms with Gasteiger partial charge in [-0.15, -0.1) is 0 Å². The molecule has 0 N–H and O–H groups in total. The van der Waals surface area contributed by atoms with Gasteiger partial charge >= 0.3 is 0 Å². The minimum atomic E-state index is -0.336. The average Bonchev–Trinajstić information content (AvgIpc) is 2.53. The van der Waals surface area contributed by atoms with Crippen molar-refractivity contribution in [1.82, 2.24) is 14.9 Å². The monoisotopic (exact) mass is 294 g/mol. The first-order valence-corrected chi connectivity index (χ1v) is 7.05. The van der Waals surface area contributed by atoms with E-state index in [-0.39, 0.29) is 17.2 Å². The Kier molecular flexibility index (Phi) is 3.89. The minimum Gasteiger partial charge on any atom is -0.379 e. The van der Waals surface area contributed by atoms with E-state index < -0.39 is 0 Å². The Balaban J connectivity index is 1.89. The van der Waals surface area contributed by atoms with Crippen molar-refractivity contribution >= 4 is 6.41 Å². The number of rotatable bonds is 3. The number of hydrazine groups is 1. The van der Waals surface area contributed by atoms with Crippen molar-refractivity contribution in [3.63, 3.8) is 0 Å². The number of amides is 1. The molecule has 0 unspecified atom stereocenters. The molecule has 0 aliphatic carbocycles. The molecule has 1 fully saturated rings. The summed E-state index contributed by atoms with van der Waals surface area (Å²) in [6.07, 6.45) is 3.16. The van der Waals surface area contributed by atoms with Crippen LogP contribution in [0.1, 0.15) is 6.42 Å². The van der Waals surface area contributed by atoms with Gasteiger partial charge in [-0.1, -0.05) is 0 Å². The molecule has 3 aliphatic heterocycles. The molecule has 8 heteroatoms. The van der Waals surface area contributed by atoms with Gasteiger partial charge in [0, 0.05) is 44.4 Å². The number of carbonyl (C=O) groups excluding carboxylic acids is 1. The predicted molar refractivity (Wildman–Crippen MR) is 73.5 cm³/mol. The van der Waals surface area contributed by atoms with Crippen LogP contribution in [0.15, 0.2) is 23.0 Å². The van der Waals surface area contributed by atoms with E-state index in [1.54, 1.807) is 11.0 Å². The third-order valence-corrected chi connectivity index (χ3v) is 4.06. The number of nitro groups is 1. The van der Waals surface area contributed by atoms with E-state index in [9.17, 15) is 14.9 Å². The molecule has 0 aromatic heterocycles. The van der Waals surface area contributed by atoms with Crippen LogP contribution in [-0.2, 0) is 9.53 Å². The van der Waals surface area contributed by atoms with Crippen molar-refractivity contribution < 1.29 is 14.5 Å². The van der Waals surface area contributed by atoms with Crippen LogP contribution in [0, 0.1) is 10.1 Å². The predicted octanol–water partition coefficient (Wildman–Crippen LogP) is -0.174. The number of hydrogen-bond acceptors (Lipinski definition) is 6. The standard InChI is InChI=1S/C13H18N4O4/c18-10-14-2-1-13-11(8-14)7-12(17(19)20)9-16(13)15-3-5-21-6-4-15/h7,10H,1-6,8-9H2. The zero-order valence-corrected chi connectivity index (χ0v) is 11.7. The van der Waals surface area contributed by atoms with E-state index in [4.69, 9.17) is 4.74 Å². The first-order valence-electron chi connectivity index (χ1n) is 7.05. The van der Waals surface area contributed by atoms with Crippen LogP contribution < -0.4 is 0 Å². The van der Waals surface area contributed by atoms with E-state index >= 15 is 0 Å². The molecule has 0 atom stereocenters. The van der Waals surface area contributed by atoms with Gasteiger partial charge in [0.25, 0.3) is 5.70 Å². The average molecular weight is 294 g/mol. The molecule has 0 saturated carbocycles. The highest BCUT2D eigenvalue weighted by atomic mass is 16.6. The van der Waals surface area contributed by atoms with Gasteiger partial charge in [0.1, 0.15) is 6.54 Å². The molecule has 0 aromatic rings. The minimum absolute atomic E-state index is 0.174. The smallest absolute Gasteiger partial charge is 0.267 e. The van der Waals surface area contributed by atoms with Gasteiger partial charge in [-0.25, -0.2) is 5.01 Å². The quantitative estimate of drug-likeness (QED) is 0.408. The highest BCUT2D eigenvalue weighted by molar-refractivity contribution is 5.50. The molecule has 3 aliphatic rings. The summed E-state index contributed by atoms with van der Waals surface area (Å²) in [4.78, 5) is 23.4. The van der Waals surface area contributed by atoms with Crippen LogP contribution in [0.3, 0.4) is 0 Å². The summed E-state index contributed by atoms with van der Waals surface area (Å²) in [6.45, 7) is 4.13. The fourth-order valence-electron chi connectivity index (χ4n) is 2.98. The van der Waals surface area contributed by atoms with E-state index in [1.807, 2.05) is 5.01 Å². The Labute approximate surface area is 122 Å². The van der Waals surface area contributed by atoms with Gasteiger partial charge in [-0.05, 0) is 5.57 Å². The molecule has 1 amide bonds. The molecule has 0 aromatic carbocycles. The maximum absolute atomic E-state index is 11.2. The van der Waals surface area contributed by atoms with Crippen LogP contribution in [0.2, 0.25) is 0 Å². The highest BCUT2D eigenvalue weighted by Crippen LogP contribution is 2.29. The fourth-order valence-corrected chi connectivity index (χ4v) is 2.98. The largest absolute Gasteiger partial charge is 0.379 e. The van der Waals surface area contributed by atoms with Crippen molar-refractivity contribution in [2.24, 2.45) is 0 Å². The van der Waals surface area contributed by atoms with E-state index in [0.717, 1.165) is 37.2 Å². The number of hydrogen-bond donors (Lipinski definition) is 0. The number of ether oxygens (including phenoxy) is 1. The van der Waals surface area contributed by atoms with Crippen LogP contribution in [-0.4, -0.2) is 72.2 Å². The van der Waals surface area contributed by atoms with Crippen molar-refractivity contribution in [3.05, 3.63) is 33.2 Å². The van der Waals surface area contributed by atoms with Gasteiger partial charge < -0.3 is 9.64 Å². The Bertz CT molecular complexity index is 510. The molecule has 3 rings (SSSR count). The summed E-state index contributed by atoms with van der Waals surface area (Å²) in [5.74, 6) is 0. The molecular weight excluding hydrogens is 276 g/mol. The van der Waals surface area contributed by atoms with Crippen molar-refractivity contribution in [1.29, 1.82) is 0 Å². The van der Waals surface area contributed by atoms with Gasteiger partial charge in [0.15, 0.2) is 0 Å². The van der Waals surface area contributed by atoms with Crippen molar-refractivity contribution in [2.75, 3.05) is 45.9 Å². The van der Waals surface area contributed by atoms with Gasteiger partial charge in [-0.2, -0.15) is 0 Å². The fraction of sp³-hybridized carbons (Fsp3) is 0.615. The van der Waals surface area contributed by atoms with E-state index in [2.05, 4.69) is 5.01 Å². The second kappa shape index (κ2) is 5.82. The third-order valence-electron chi connectivity index (χ3n) is 4.06. The molecule has 3 heterocycles. The van der Waals surface area contributed by atoms with Gasteiger partial charge in [0.05, 0.1) is 18.1 Å². The zero-order chi connectivity index (χ0) is 14.8. The van der Waals surface area contributed by atoms with Gasteiger partial charge in [0.2, 0.25) is 6.41 Å². The molecule has 0 radical (unpaired) electrons. The normalized spacial score (nSPS) is 23.7. The molecule has 114 valence electrons. The van der Waals surface area contributed by atoms with Crippen LogP contribution >= 0.6 is 0 Å². The lowest BCUT2D eigenvalue weighted by molar-refractivity contribution is -0.430. The summed E-state index contributed by atoms with van der Waals surface area (Å²) in [5, 5.41) is 15.3. The Morgan fingerprint density at radius 1 is 1.24 bits per heavy atom. The highest BCUT2D eigenvalue weighted by Gasteiger charge is 2.33. The Hall–Kier alpha value is -1.93. The zero-order valence-electron chi connectivity index (χ0n) is 11.7. The number of nitrogens with zero attached hydrogens (tertiary/aromatic N) is 4. The summed E-state index contributed by atoms with van der Waals surface area (Å²) in [7, 11) is 0. The van der Waals surface area contributed by atoms with Gasteiger partial charge in [-0.3, -0.25) is 19.9 Å². The first-order chi connectivity index (χ1) is 10.2. The summed E-state index contributed by atoms with van der Waals surface area (Å²) in [5.41, 5.74) is 2.14. The Morgan fingerprint density at radius 3 is 2.67 bits per heavy atom. The summed E-state index contributed by atoms with van der Waals surface area (Å²) in [6, 6.07) is 0. The maximum atomic E-state index is 11.2. The van der Waals surface area contributed by atoms with Crippen molar-refractivity contribution in [3.8, 4) is 0 Å². The lowest BCUT2D eigenvalue weighted by Gasteiger charge is -2.43. The van der Waals surface area contributed by atoms with E-state index in [1.165, 1.54) is 0 Å². The lowest BCUT2D eigenvalue weighted by Crippen LogP contribution is -2.52. The molecule has 8 nitrogen and oxygen atoms in total. The number of morpholine rings is 1. The SMILES string of the molecule is O=CN1CCC2=C(C=C([N+](=O)[O-])CN2N2CCOCC2)C1. The molecule has 1 saturated heterocycles. The topological polar surface area (TPSA) is 79.2 Å². The van der Waals surface area contributed by atoms with Crippen molar-refractivity contribution in [2.45, 2.75) is 6.42 Å². The molecule has 0 spiro atoms. The van der Waals surface area contributed by atoms with Crippen LogP contribution in [0.5, 0.6) is 0 Å². The second-order valence-electron chi connectivity index (χ2n) is 5.31. The molecule has 0 bridgehead atoms. The Morgan fingerprint density at radius 2 is 2.00 bits per heavy atom. The second-order valence-corrected chi connectivity index (χ2v) is 5.31. The lowest BCUT2D eigenvalue weighted by atomic mass is 10.0. The summed E-state index contributed by atoms with van der Waals surface area (Å²) < 4.78 is 5.35. The maximum Gasteiger partial charge on any atom is 0.267 e. The summed E-state index contributed by atoms with van der Waals surface area (Å²) >= 11 is 0.